The number of benzene rings is 1. The number of piperazine rings is 1. The maximum absolute atomic E-state index is 12.4. The summed E-state index contributed by atoms with van der Waals surface area (Å²) in [5, 5.41) is 0. The van der Waals surface area contributed by atoms with Crippen molar-refractivity contribution in [1.29, 1.82) is 0 Å². The van der Waals surface area contributed by atoms with Crippen LogP contribution in [0.3, 0.4) is 0 Å². The Bertz CT molecular complexity index is 622. The molecule has 0 spiro atoms. The molecule has 25 heavy (non-hydrogen) atoms. The van der Waals surface area contributed by atoms with E-state index in [9.17, 15) is 9.59 Å². The van der Waals surface area contributed by atoms with E-state index in [0.717, 1.165) is 18.7 Å². The van der Waals surface area contributed by atoms with Crippen molar-refractivity contribution in [3.8, 4) is 0 Å². The van der Waals surface area contributed by atoms with E-state index in [1.807, 2.05) is 37.8 Å². The first-order valence-corrected chi connectivity index (χ1v) is 8.71. The normalized spacial score (nSPS) is 21.9. The Morgan fingerprint density at radius 2 is 1.72 bits per heavy atom. The van der Waals surface area contributed by atoms with Gasteiger partial charge in [-0.15, -0.1) is 0 Å². The second-order valence-electron chi connectivity index (χ2n) is 7.69. The van der Waals surface area contributed by atoms with Crippen LogP contribution in [0.5, 0.6) is 0 Å². The molecule has 0 unspecified atom stereocenters. The van der Waals surface area contributed by atoms with Gasteiger partial charge in [0.05, 0.1) is 0 Å². The Morgan fingerprint density at radius 3 is 2.24 bits per heavy atom. The molecule has 2 rings (SSSR count). The molecule has 1 saturated heterocycles. The minimum absolute atomic E-state index is 0.0634. The zero-order valence-electron chi connectivity index (χ0n) is 15.8. The smallest absolute Gasteiger partial charge is 0.410 e. The molecule has 2 N–H and O–H groups in total. The van der Waals surface area contributed by atoms with Crippen LogP contribution in [0.2, 0.25) is 0 Å². The number of amides is 2. The van der Waals surface area contributed by atoms with E-state index in [4.69, 9.17) is 10.5 Å². The van der Waals surface area contributed by atoms with E-state index in [-0.39, 0.29) is 18.2 Å². The van der Waals surface area contributed by atoms with Gasteiger partial charge in [0.2, 0.25) is 5.91 Å². The number of ether oxygens (including phenoxy) is 1. The lowest BCUT2D eigenvalue weighted by Gasteiger charge is -2.45. The highest BCUT2D eigenvalue weighted by atomic mass is 16.6. The molecule has 138 valence electrons. The molecule has 6 heteroatoms. The lowest BCUT2D eigenvalue weighted by molar-refractivity contribution is -0.0144. The van der Waals surface area contributed by atoms with E-state index >= 15 is 0 Å². The number of hydrogen-bond acceptors (Lipinski definition) is 4. The predicted molar refractivity (Wildman–Crippen MR) is 97.2 cm³/mol. The monoisotopic (exact) mass is 347 g/mol. The van der Waals surface area contributed by atoms with Crippen molar-refractivity contribution in [2.75, 3.05) is 13.1 Å². The quantitative estimate of drug-likeness (QED) is 0.912. The molecule has 0 radical (unpaired) electrons. The highest BCUT2D eigenvalue weighted by Crippen LogP contribution is 2.22. The maximum Gasteiger partial charge on any atom is 0.410 e. The molecule has 1 fully saturated rings. The van der Waals surface area contributed by atoms with E-state index < -0.39 is 11.5 Å². The molecule has 1 aliphatic rings. The minimum Gasteiger partial charge on any atom is -0.444 e. The third-order valence-electron chi connectivity index (χ3n) is 4.65. The van der Waals surface area contributed by atoms with Crippen LogP contribution in [-0.2, 0) is 11.3 Å². The van der Waals surface area contributed by atoms with Gasteiger partial charge in [-0.05, 0) is 52.3 Å². The number of hydrogen-bond donors (Lipinski definition) is 1. The average Bonchev–Trinajstić information content (AvgIpc) is 2.50. The lowest BCUT2D eigenvalue weighted by Crippen LogP contribution is -2.59. The van der Waals surface area contributed by atoms with Crippen molar-refractivity contribution in [3.05, 3.63) is 35.4 Å². The van der Waals surface area contributed by atoms with Crippen LogP contribution in [0.25, 0.3) is 0 Å². The molecular formula is C19H29N3O3. The number of rotatable bonds is 3. The summed E-state index contributed by atoms with van der Waals surface area (Å²) in [4.78, 5) is 27.7. The predicted octanol–water partition coefficient (Wildman–Crippen LogP) is 2.62. The van der Waals surface area contributed by atoms with E-state index in [0.29, 0.717) is 12.1 Å². The van der Waals surface area contributed by atoms with Gasteiger partial charge in [0.1, 0.15) is 5.60 Å². The van der Waals surface area contributed by atoms with Crippen LogP contribution in [-0.4, -0.2) is 52.6 Å². The van der Waals surface area contributed by atoms with Gasteiger partial charge in [0.15, 0.2) is 0 Å². The van der Waals surface area contributed by atoms with Crippen molar-refractivity contribution < 1.29 is 14.3 Å². The van der Waals surface area contributed by atoms with Crippen molar-refractivity contribution >= 4 is 12.0 Å². The first-order chi connectivity index (χ1) is 11.6. The third kappa shape index (κ3) is 4.95. The number of nitrogens with two attached hydrogens (primary N) is 1. The van der Waals surface area contributed by atoms with Gasteiger partial charge in [-0.3, -0.25) is 9.69 Å². The summed E-state index contributed by atoms with van der Waals surface area (Å²) < 4.78 is 5.51. The molecule has 0 aliphatic carbocycles. The fourth-order valence-electron chi connectivity index (χ4n) is 3.02. The molecule has 2 amide bonds. The lowest BCUT2D eigenvalue weighted by atomic mass is 10.0. The molecule has 1 heterocycles. The molecule has 1 aromatic rings. The zero-order chi connectivity index (χ0) is 18.8. The summed E-state index contributed by atoms with van der Waals surface area (Å²) in [5.74, 6) is -0.417. The van der Waals surface area contributed by atoms with Gasteiger partial charge in [-0.1, -0.05) is 12.1 Å². The van der Waals surface area contributed by atoms with Crippen molar-refractivity contribution in [3.63, 3.8) is 0 Å². The highest BCUT2D eigenvalue weighted by molar-refractivity contribution is 5.92. The van der Waals surface area contributed by atoms with Gasteiger partial charge < -0.3 is 15.4 Å². The SMILES string of the molecule is C[C@@H]1[C@H](C)N(Cc2ccc(C(N)=O)cc2)CCN1C(=O)OC(C)(C)C. The Hall–Kier alpha value is -2.08. The summed E-state index contributed by atoms with van der Waals surface area (Å²) >= 11 is 0. The molecule has 0 aromatic heterocycles. The maximum atomic E-state index is 12.4. The molecule has 0 saturated carbocycles. The zero-order valence-corrected chi connectivity index (χ0v) is 15.8. The summed E-state index contributed by atoms with van der Waals surface area (Å²) in [6.07, 6.45) is -0.252. The standard InChI is InChI=1S/C19H29N3O3/c1-13-14(2)22(18(24)25-19(3,4)5)11-10-21(13)12-15-6-8-16(9-7-15)17(20)23/h6-9,13-14H,10-12H2,1-5H3,(H2,20,23)/t13-,14+/m0/s1. The first-order valence-electron chi connectivity index (χ1n) is 8.71. The van der Waals surface area contributed by atoms with Gasteiger partial charge >= 0.3 is 6.09 Å². The fraction of sp³-hybridized carbons (Fsp3) is 0.579. The van der Waals surface area contributed by atoms with Gasteiger partial charge in [-0.2, -0.15) is 0 Å². The minimum atomic E-state index is -0.487. The van der Waals surface area contributed by atoms with E-state index in [1.165, 1.54) is 0 Å². The van der Waals surface area contributed by atoms with Crippen molar-refractivity contribution in [2.45, 2.75) is 58.8 Å². The van der Waals surface area contributed by atoms with Crippen molar-refractivity contribution in [2.24, 2.45) is 5.73 Å². The van der Waals surface area contributed by atoms with E-state index in [2.05, 4.69) is 18.7 Å². The second-order valence-corrected chi connectivity index (χ2v) is 7.69. The molecule has 2 atom stereocenters. The van der Waals surface area contributed by atoms with Crippen molar-refractivity contribution in [1.82, 2.24) is 9.80 Å². The summed E-state index contributed by atoms with van der Waals surface area (Å²) in [6.45, 7) is 12.0. The van der Waals surface area contributed by atoms with Crippen LogP contribution in [0.4, 0.5) is 4.79 Å². The molecular weight excluding hydrogens is 318 g/mol. The largest absolute Gasteiger partial charge is 0.444 e. The van der Waals surface area contributed by atoms with Crippen LogP contribution in [0.15, 0.2) is 24.3 Å². The van der Waals surface area contributed by atoms with Crippen LogP contribution < -0.4 is 5.73 Å². The number of carbonyl (C=O) groups is 2. The van der Waals surface area contributed by atoms with Gasteiger partial charge in [0, 0.05) is 37.3 Å². The Labute approximate surface area is 149 Å². The average molecular weight is 347 g/mol. The van der Waals surface area contributed by atoms with Gasteiger partial charge in [-0.25, -0.2) is 4.79 Å². The van der Waals surface area contributed by atoms with Crippen LogP contribution in [0.1, 0.15) is 50.5 Å². The van der Waals surface area contributed by atoms with Crippen LogP contribution >= 0.6 is 0 Å². The number of carbonyl (C=O) groups excluding carboxylic acids is 2. The summed E-state index contributed by atoms with van der Waals surface area (Å²) in [5.41, 5.74) is 6.42. The molecule has 6 nitrogen and oxygen atoms in total. The van der Waals surface area contributed by atoms with Crippen LogP contribution in [0, 0.1) is 0 Å². The molecule has 1 aliphatic heterocycles. The first kappa shape index (κ1) is 19.2. The van der Waals surface area contributed by atoms with E-state index in [1.54, 1.807) is 12.1 Å². The Morgan fingerprint density at radius 1 is 1.12 bits per heavy atom. The summed E-state index contributed by atoms with van der Waals surface area (Å²) in [7, 11) is 0. The summed E-state index contributed by atoms with van der Waals surface area (Å²) in [6, 6.07) is 7.63. The second kappa shape index (κ2) is 7.44. The van der Waals surface area contributed by atoms with Gasteiger partial charge in [0.25, 0.3) is 0 Å². The highest BCUT2D eigenvalue weighted by Gasteiger charge is 2.35. The fourth-order valence-corrected chi connectivity index (χ4v) is 3.02. The molecule has 0 bridgehead atoms. The topological polar surface area (TPSA) is 75.9 Å². The Balaban J connectivity index is 2.00. The number of primary amides is 1. The molecule has 1 aromatic carbocycles. The number of nitrogens with zero attached hydrogens (tertiary/aromatic N) is 2. The Kier molecular flexibility index (Phi) is 5.72. The third-order valence-corrected chi connectivity index (χ3v) is 4.65.